The lowest BCUT2D eigenvalue weighted by molar-refractivity contribution is 0.0924. The molecule has 1 saturated carbocycles. The predicted octanol–water partition coefficient (Wildman–Crippen LogP) is 5.10. The molecule has 0 radical (unpaired) electrons. The molecule has 2 amide bonds. The van der Waals surface area contributed by atoms with E-state index in [4.69, 9.17) is 0 Å². The zero-order valence-corrected chi connectivity index (χ0v) is 19.0. The molecule has 4 rings (SSSR count). The maximum absolute atomic E-state index is 13.1. The topological polar surface area (TPSA) is 103 Å². The van der Waals surface area contributed by atoms with Crippen molar-refractivity contribution in [3.63, 3.8) is 0 Å². The van der Waals surface area contributed by atoms with Crippen molar-refractivity contribution in [2.45, 2.75) is 35.0 Å². The van der Waals surface area contributed by atoms with Crippen LogP contribution in [0.2, 0.25) is 0 Å². The van der Waals surface area contributed by atoms with Gasteiger partial charge in [0.25, 0.3) is 0 Å². The Labute approximate surface area is 188 Å². The van der Waals surface area contributed by atoms with E-state index >= 15 is 0 Å². The first-order valence-corrected chi connectivity index (χ1v) is 11.7. The molecular formula is C21H24N6O2S2. The summed E-state index contributed by atoms with van der Waals surface area (Å²) < 4.78 is 0.901. The van der Waals surface area contributed by atoms with Gasteiger partial charge in [-0.2, -0.15) is 0 Å². The highest BCUT2D eigenvalue weighted by Gasteiger charge is 2.26. The number of urea groups is 1. The molecule has 0 bridgehead atoms. The normalized spacial score (nSPS) is 13.9. The summed E-state index contributed by atoms with van der Waals surface area (Å²) in [4.78, 5) is 39.1. The van der Waals surface area contributed by atoms with Gasteiger partial charge in [0.2, 0.25) is 0 Å². The lowest BCUT2D eigenvalue weighted by Crippen LogP contribution is -2.22. The number of hydrogen-bond acceptors (Lipinski definition) is 7. The third-order valence-corrected chi connectivity index (χ3v) is 7.07. The SMILES string of the molecule is CN(C)c1ccc(NC(=O)Nc2ncc(Sc3ncc[nH]3)s2)c(C(=O)C2CCCC2)c1. The van der Waals surface area contributed by atoms with Crippen LogP contribution in [0, 0.1) is 5.92 Å². The molecule has 162 valence electrons. The van der Waals surface area contributed by atoms with Crippen molar-refractivity contribution in [3.05, 3.63) is 42.4 Å². The number of amides is 2. The number of carbonyl (C=O) groups is 2. The quantitative estimate of drug-likeness (QED) is 0.427. The van der Waals surface area contributed by atoms with Gasteiger partial charge in [-0.05, 0) is 42.8 Å². The number of aromatic amines is 1. The van der Waals surface area contributed by atoms with Gasteiger partial charge in [-0.15, -0.1) is 0 Å². The maximum Gasteiger partial charge on any atom is 0.325 e. The molecule has 2 heterocycles. The number of Topliss-reactive ketones (excluding diaryl/α,β-unsaturated/α-hetero) is 1. The van der Waals surface area contributed by atoms with Gasteiger partial charge in [-0.1, -0.05) is 24.2 Å². The monoisotopic (exact) mass is 456 g/mol. The predicted molar refractivity (Wildman–Crippen MR) is 125 cm³/mol. The number of hydrogen-bond donors (Lipinski definition) is 3. The van der Waals surface area contributed by atoms with Gasteiger partial charge in [-0.25, -0.2) is 14.8 Å². The van der Waals surface area contributed by atoms with Crippen molar-refractivity contribution in [1.29, 1.82) is 0 Å². The van der Waals surface area contributed by atoms with Crippen LogP contribution in [0.25, 0.3) is 0 Å². The average Bonchev–Trinajstić information content (AvgIpc) is 3.51. The van der Waals surface area contributed by atoms with Gasteiger partial charge in [-0.3, -0.25) is 10.1 Å². The highest BCUT2D eigenvalue weighted by molar-refractivity contribution is 8.01. The Morgan fingerprint density at radius 2 is 2.00 bits per heavy atom. The van der Waals surface area contributed by atoms with E-state index < -0.39 is 6.03 Å². The molecule has 10 heteroatoms. The third kappa shape index (κ3) is 5.26. The highest BCUT2D eigenvalue weighted by atomic mass is 32.2. The number of H-pyrrole nitrogens is 1. The minimum atomic E-state index is -0.429. The Kier molecular flexibility index (Phi) is 6.57. The van der Waals surface area contributed by atoms with Gasteiger partial charge in [0.1, 0.15) is 0 Å². The smallest absolute Gasteiger partial charge is 0.325 e. The van der Waals surface area contributed by atoms with E-state index in [2.05, 4.69) is 25.6 Å². The highest BCUT2D eigenvalue weighted by Crippen LogP contribution is 2.33. The molecule has 0 spiro atoms. The number of carbonyl (C=O) groups excluding carboxylic acids is 2. The largest absolute Gasteiger partial charge is 0.378 e. The number of nitrogens with zero attached hydrogens (tertiary/aromatic N) is 3. The minimum Gasteiger partial charge on any atom is -0.378 e. The average molecular weight is 457 g/mol. The molecule has 0 unspecified atom stereocenters. The molecule has 1 aliphatic carbocycles. The Morgan fingerprint density at radius 3 is 2.71 bits per heavy atom. The van der Waals surface area contributed by atoms with Crippen LogP contribution in [0.1, 0.15) is 36.0 Å². The van der Waals surface area contributed by atoms with Gasteiger partial charge in [0, 0.05) is 43.7 Å². The maximum atomic E-state index is 13.1. The fraction of sp³-hybridized carbons (Fsp3) is 0.333. The molecule has 8 nitrogen and oxygen atoms in total. The zero-order valence-electron chi connectivity index (χ0n) is 17.3. The Hall–Kier alpha value is -2.85. The van der Waals surface area contributed by atoms with Gasteiger partial charge < -0.3 is 15.2 Å². The van der Waals surface area contributed by atoms with E-state index in [0.29, 0.717) is 16.4 Å². The van der Waals surface area contributed by atoms with Crippen LogP contribution in [0.5, 0.6) is 0 Å². The summed E-state index contributed by atoms with van der Waals surface area (Å²) in [6.45, 7) is 0. The van der Waals surface area contributed by atoms with Crippen molar-refractivity contribution in [1.82, 2.24) is 15.0 Å². The molecule has 3 N–H and O–H groups in total. The number of benzene rings is 1. The van der Waals surface area contributed by atoms with Crippen molar-refractivity contribution in [2.75, 3.05) is 29.6 Å². The van der Waals surface area contributed by atoms with Crippen LogP contribution >= 0.6 is 23.1 Å². The van der Waals surface area contributed by atoms with Crippen LogP contribution in [0.4, 0.5) is 21.3 Å². The first-order chi connectivity index (χ1) is 15.0. The fourth-order valence-electron chi connectivity index (χ4n) is 3.55. The zero-order chi connectivity index (χ0) is 21.8. The van der Waals surface area contributed by atoms with E-state index in [1.165, 1.54) is 23.1 Å². The lowest BCUT2D eigenvalue weighted by atomic mass is 9.94. The Balaban J connectivity index is 1.47. The number of nitrogens with one attached hydrogen (secondary N) is 3. The van der Waals surface area contributed by atoms with Gasteiger partial charge in [0.15, 0.2) is 16.1 Å². The number of rotatable bonds is 7. The van der Waals surface area contributed by atoms with Crippen molar-refractivity contribution in [3.8, 4) is 0 Å². The van der Waals surface area contributed by atoms with Crippen LogP contribution in [0.15, 0.2) is 46.2 Å². The minimum absolute atomic E-state index is 0.0289. The molecule has 0 saturated heterocycles. The summed E-state index contributed by atoms with van der Waals surface area (Å²) in [5.74, 6) is 0.129. The second-order valence-corrected chi connectivity index (χ2v) is 9.85. The first-order valence-electron chi connectivity index (χ1n) is 10.1. The molecule has 0 atom stereocenters. The molecule has 2 aromatic heterocycles. The lowest BCUT2D eigenvalue weighted by Gasteiger charge is -2.18. The van der Waals surface area contributed by atoms with Gasteiger partial charge in [0.05, 0.1) is 16.1 Å². The second-order valence-electron chi connectivity index (χ2n) is 7.53. The van der Waals surface area contributed by atoms with Gasteiger partial charge >= 0.3 is 6.03 Å². The van der Waals surface area contributed by atoms with E-state index in [9.17, 15) is 9.59 Å². The van der Waals surface area contributed by atoms with Crippen molar-refractivity contribution in [2.24, 2.45) is 5.92 Å². The number of anilines is 3. The summed E-state index contributed by atoms with van der Waals surface area (Å²) in [5.41, 5.74) is 2.00. The van der Waals surface area contributed by atoms with E-state index in [0.717, 1.165) is 40.7 Å². The number of aromatic nitrogens is 3. The summed E-state index contributed by atoms with van der Waals surface area (Å²) in [5, 5.41) is 6.82. The third-order valence-electron chi connectivity index (χ3n) is 5.13. The molecule has 1 aliphatic rings. The molecule has 1 aromatic carbocycles. The van der Waals surface area contributed by atoms with Crippen LogP contribution in [-0.4, -0.2) is 40.9 Å². The molecule has 31 heavy (non-hydrogen) atoms. The Bertz CT molecular complexity index is 1060. The van der Waals surface area contributed by atoms with Crippen LogP contribution < -0.4 is 15.5 Å². The number of imidazole rings is 1. The summed E-state index contributed by atoms with van der Waals surface area (Å²) in [6, 6.07) is 5.11. The molecule has 0 aliphatic heterocycles. The van der Waals surface area contributed by atoms with E-state index in [-0.39, 0.29) is 11.7 Å². The molecule has 1 fully saturated rings. The van der Waals surface area contributed by atoms with Crippen LogP contribution in [0.3, 0.4) is 0 Å². The van der Waals surface area contributed by atoms with E-state index in [1.54, 1.807) is 24.7 Å². The van der Waals surface area contributed by atoms with Crippen molar-refractivity contribution < 1.29 is 9.59 Å². The number of ketones is 1. The van der Waals surface area contributed by atoms with Crippen molar-refractivity contribution >= 4 is 51.4 Å². The van der Waals surface area contributed by atoms with Crippen LogP contribution in [-0.2, 0) is 0 Å². The molecular weight excluding hydrogens is 432 g/mol. The summed E-state index contributed by atoms with van der Waals surface area (Å²) in [7, 11) is 3.86. The second kappa shape index (κ2) is 9.52. The fourth-order valence-corrected chi connectivity index (χ4v) is 5.27. The standard InChI is InChI=1S/C21H24N6O2S2/c1-27(2)14-7-8-16(15(11-14)18(28)13-5-3-4-6-13)25-19(29)26-21-24-12-17(31-21)30-20-22-9-10-23-20/h7-13H,3-6H2,1-2H3,(H,22,23)(H2,24,25,26,29). The molecule has 3 aromatic rings. The Morgan fingerprint density at radius 1 is 1.19 bits per heavy atom. The first kappa shape index (κ1) is 21.4. The summed E-state index contributed by atoms with van der Waals surface area (Å²) >= 11 is 2.79. The van der Waals surface area contributed by atoms with E-state index in [1.807, 2.05) is 31.1 Å². The summed E-state index contributed by atoms with van der Waals surface area (Å²) in [6.07, 6.45) is 9.10. The number of thiazole rings is 1.